The molecule has 1 aliphatic rings. The summed E-state index contributed by atoms with van der Waals surface area (Å²) in [5.74, 6) is 1.05. The Labute approximate surface area is 157 Å². The van der Waals surface area contributed by atoms with Crippen LogP contribution in [0.1, 0.15) is 12.5 Å². The first kappa shape index (κ1) is 18.6. The smallest absolute Gasteiger partial charge is 0.311 e. The number of fused-ring (bicyclic) bond motifs is 1. The van der Waals surface area contributed by atoms with Crippen LogP contribution in [-0.4, -0.2) is 38.3 Å². The zero-order valence-electron chi connectivity index (χ0n) is 15.2. The lowest BCUT2D eigenvalue weighted by molar-refractivity contribution is -0.152. The van der Waals surface area contributed by atoms with Crippen molar-refractivity contribution in [2.24, 2.45) is 0 Å². The van der Waals surface area contributed by atoms with Crippen LogP contribution >= 0.6 is 0 Å². The first-order valence-electron chi connectivity index (χ1n) is 8.58. The van der Waals surface area contributed by atoms with Gasteiger partial charge in [0.1, 0.15) is 19.0 Å². The maximum Gasteiger partial charge on any atom is 0.311 e. The first-order chi connectivity index (χ1) is 13.0. The number of esters is 1. The van der Waals surface area contributed by atoms with E-state index in [-0.39, 0.29) is 6.42 Å². The molecule has 1 amide bonds. The van der Waals surface area contributed by atoms with E-state index in [9.17, 15) is 9.59 Å². The average Bonchev–Trinajstić information content (AvgIpc) is 2.68. The van der Waals surface area contributed by atoms with E-state index in [0.717, 1.165) is 5.56 Å². The molecule has 1 atom stereocenters. The van der Waals surface area contributed by atoms with E-state index in [0.29, 0.717) is 36.1 Å². The Morgan fingerprint density at radius 1 is 1.07 bits per heavy atom. The van der Waals surface area contributed by atoms with Crippen molar-refractivity contribution in [3.05, 3.63) is 48.0 Å². The molecule has 0 saturated heterocycles. The van der Waals surface area contributed by atoms with Crippen molar-refractivity contribution in [3.8, 4) is 17.2 Å². The van der Waals surface area contributed by atoms with Gasteiger partial charge in [-0.05, 0) is 48.9 Å². The molecule has 27 heavy (non-hydrogen) atoms. The number of hydrogen-bond acceptors (Lipinski definition) is 6. The molecule has 142 valence electrons. The highest BCUT2D eigenvalue weighted by Gasteiger charge is 2.19. The average molecular weight is 371 g/mol. The van der Waals surface area contributed by atoms with E-state index >= 15 is 0 Å². The molecule has 0 saturated carbocycles. The van der Waals surface area contributed by atoms with Gasteiger partial charge in [-0.25, -0.2) is 0 Å². The SMILES string of the molecule is COc1ccc(NC(=O)[C@@H](C)OC(=O)Cc2ccc3c(c2)OCCO3)cc1. The monoisotopic (exact) mass is 371 g/mol. The summed E-state index contributed by atoms with van der Waals surface area (Å²) in [5, 5.41) is 2.69. The normalized spacial score (nSPS) is 13.4. The fraction of sp³-hybridized carbons (Fsp3) is 0.300. The van der Waals surface area contributed by atoms with E-state index in [1.54, 1.807) is 49.6 Å². The maximum atomic E-state index is 12.2. The van der Waals surface area contributed by atoms with Crippen molar-refractivity contribution in [3.63, 3.8) is 0 Å². The number of methoxy groups -OCH3 is 1. The van der Waals surface area contributed by atoms with Gasteiger partial charge in [-0.2, -0.15) is 0 Å². The van der Waals surface area contributed by atoms with Crippen LogP contribution in [0.3, 0.4) is 0 Å². The van der Waals surface area contributed by atoms with Gasteiger partial charge in [0.15, 0.2) is 17.6 Å². The summed E-state index contributed by atoms with van der Waals surface area (Å²) in [5.41, 5.74) is 1.32. The quantitative estimate of drug-likeness (QED) is 0.786. The maximum absolute atomic E-state index is 12.2. The third kappa shape index (κ3) is 4.91. The van der Waals surface area contributed by atoms with E-state index < -0.39 is 18.0 Å². The molecule has 1 N–H and O–H groups in total. The third-order valence-electron chi connectivity index (χ3n) is 3.99. The van der Waals surface area contributed by atoms with Gasteiger partial charge >= 0.3 is 5.97 Å². The van der Waals surface area contributed by atoms with E-state index in [4.69, 9.17) is 18.9 Å². The van der Waals surface area contributed by atoms with Crippen molar-refractivity contribution in [1.82, 2.24) is 0 Å². The molecule has 0 fully saturated rings. The largest absolute Gasteiger partial charge is 0.497 e. The number of ether oxygens (including phenoxy) is 4. The molecule has 1 heterocycles. The van der Waals surface area contributed by atoms with Crippen molar-refractivity contribution in [2.75, 3.05) is 25.6 Å². The number of nitrogens with one attached hydrogen (secondary N) is 1. The van der Waals surface area contributed by atoms with Crippen LogP contribution in [0.5, 0.6) is 17.2 Å². The number of carbonyl (C=O) groups is 2. The van der Waals surface area contributed by atoms with E-state index in [1.165, 1.54) is 6.92 Å². The zero-order valence-corrected chi connectivity index (χ0v) is 15.2. The number of rotatable bonds is 6. The van der Waals surface area contributed by atoms with Gasteiger partial charge in [0.05, 0.1) is 13.5 Å². The van der Waals surface area contributed by atoms with Crippen molar-refractivity contribution < 1.29 is 28.5 Å². The Morgan fingerprint density at radius 2 is 1.78 bits per heavy atom. The summed E-state index contributed by atoms with van der Waals surface area (Å²) >= 11 is 0. The fourth-order valence-electron chi connectivity index (χ4n) is 2.57. The second-order valence-electron chi connectivity index (χ2n) is 6.00. The van der Waals surface area contributed by atoms with Crippen molar-refractivity contribution in [1.29, 1.82) is 0 Å². The summed E-state index contributed by atoms with van der Waals surface area (Å²) in [6.45, 7) is 2.51. The van der Waals surface area contributed by atoms with Crippen LogP contribution < -0.4 is 19.5 Å². The molecule has 2 aromatic carbocycles. The molecule has 7 nitrogen and oxygen atoms in total. The lowest BCUT2D eigenvalue weighted by Crippen LogP contribution is -2.30. The summed E-state index contributed by atoms with van der Waals surface area (Å²) in [4.78, 5) is 24.3. The molecule has 0 unspecified atom stereocenters. The summed E-state index contributed by atoms with van der Waals surface area (Å²) in [6.07, 6.45) is -0.881. The topological polar surface area (TPSA) is 83.1 Å². The highest BCUT2D eigenvalue weighted by molar-refractivity contribution is 5.95. The van der Waals surface area contributed by atoms with Crippen LogP contribution in [-0.2, 0) is 20.7 Å². The van der Waals surface area contributed by atoms with E-state index in [1.807, 2.05) is 0 Å². The number of carbonyl (C=O) groups excluding carboxylic acids is 2. The Bertz CT molecular complexity index is 818. The third-order valence-corrected chi connectivity index (χ3v) is 3.99. The van der Waals surface area contributed by atoms with Gasteiger partial charge in [-0.1, -0.05) is 6.07 Å². The minimum atomic E-state index is -0.920. The molecule has 7 heteroatoms. The summed E-state index contributed by atoms with van der Waals surface area (Å²) < 4.78 is 21.2. The minimum Gasteiger partial charge on any atom is -0.497 e. The van der Waals surface area contributed by atoms with Crippen LogP contribution in [0, 0.1) is 0 Å². The predicted molar refractivity (Wildman–Crippen MR) is 98.3 cm³/mol. The van der Waals surface area contributed by atoms with E-state index in [2.05, 4.69) is 5.32 Å². The molecule has 0 bridgehead atoms. The van der Waals surface area contributed by atoms with Crippen molar-refractivity contribution >= 4 is 17.6 Å². The second-order valence-corrected chi connectivity index (χ2v) is 6.00. The predicted octanol–water partition coefficient (Wildman–Crippen LogP) is 2.58. The minimum absolute atomic E-state index is 0.0385. The lowest BCUT2D eigenvalue weighted by atomic mass is 10.1. The Balaban J connectivity index is 1.52. The van der Waals surface area contributed by atoms with Gasteiger partial charge in [0, 0.05) is 5.69 Å². The lowest BCUT2D eigenvalue weighted by Gasteiger charge is -2.19. The van der Waals surface area contributed by atoms with Crippen molar-refractivity contribution in [2.45, 2.75) is 19.4 Å². The number of anilines is 1. The number of benzene rings is 2. The molecule has 0 radical (unpaired) electrons. The molecular weight excluding hydrogens is 350 g/mol. The van der Waals surface area contributed by atoms with Gasteiger partial charge in [0.25, 0.3) is 5.91 Å². The van der Waals surface area contributed by atoms with Crippen LogP contribution in [0.15, 0.2) is 42.5 Å². The highest BCUT2D eigenvalue weighted by Crippen LogP contribution is 2.30. The summed E-state index contributed by atoms with van der Waals surface area (Å²) in [6, 6.07) is 12.2. The van der Waals surface area contributed by atoms with Gasteiger partial charge < -0.3 is 24.3 Å². The molecule has 2 aromatic rings. The summed E-state index contributed by atoms with van der Waals surface area (Å²) in [7, 11) is 1.57. The van der Waals surface area contributed by atoms with Crippen LogP contribution in [0.2, 0.25) is 0 Å². The molecule has 0 aliphatic carbocycles. The first-order valence-corrected chi connectivity index (χ1v) is 8.58. The number of hydrogen-bond donors (Lipinski definition) is 1. The molecule has 1 aliphatic heterocycles. The second kappa shape index (κ2) is 8.44. The Hall–Kier alpha value is -3.22. The Morgan fingerprint density at radius 3 is 2.48 bits per heavy atom. The fourth-order valence-corrected chi connectivity index (χ4v) is 2.57. The molecule has 3 rings (SSSR count). The van der Waals surface area contributed by atoms with Gasteiger partial charge in [-0.15, -0.1) is 0 Å². The standard InChI is InChI=1S/C20H21NO6/c1-13(20(23)21-15-4-6-16(24-2)7-5-15)27-19(22)12-14-3-8-17-18(11-14)26-10-9-25-17/h3-8,11,13H,9-10,12H2,1-2H3,(H,21,23)/t13-/m1/s1. The molecular formula is C20H21NO6. The number of amides is 1. The molecule has 0 spiro atoms. The Kier molecular flexibility index (Phi) is 5.80. The van der Waals surface area contributed by atoms with Crippen LogP contribution in [0.25, 0.3) is 0 Å². The van der Waals surface area contributed by atoms with Gasteiger partial charge in [-0.3, -0.25) is 9.59 Å². The zero-order chi connectivity index (χ0) is 19.2. The van der Waals surface area contributed by atoms with Gasteiger partial charge in [0.2, 0.25) is 0 Å². The molecule has 0 aromatic heterocycles. The highest BCUT2D eigenvalue weighted by atomic mass is 16.6. The van der Waals surface area contributed by atoms with Crippen LogP contribution in [0.4, 0.5) is 5.69 Å².